The van der Waals surface area contributed by atoms with Gasteiger partial charge >= 0.3 is 0 Å². The molecule has 108 valence electrons. The fraction of sp³-hybridized carbons (Fsp3) is 0.429. The monoisotopic (exact) mass is 293 g/mol. The molecule has 0 spiro atoms. The third-order valence-corrected chi connectivity index (χ3v) is 3.23. The van der Waals surface area contributed by atoms with Crippen LogP contribution >= 0.6 is 11.6 Å². The molecule has 0 aliphatic carbocycles. The second-order valence-corrected chi connectivity index (χ2v) is 5.31. The minimum atomic E-state index is 0.748. The van der Waals surface area contributed by atoms with Gasteiger partial charge in [0, 0.05) is 30.9 Å². The third kappa shape index (κ3) is 4.59. The molecule has 1 heterocycles. The van der Waals surface area contributed by atoms with Gasteiger partial charge in [0.1, 0.15) is 0 Å². The second kappa shape index (κ2) is 7.38. The van der Waals surface area contributed by atoms with Gasteiger partial charge in [-0.2, -0.15) is 0 Å². The summed E-state index contributed by atoms with van der Waals surface area (Å²) >= 11 is 5.99. The molecule has 0 saturated carbocycles. The summed E-state index contributed by atoms with van der Waals surface area (Å²) in [4.78, 5) is 2.24. The number of halogens is 1. The highest BCUT2D eigenvalue weighted by molar-refractivity contribution is 6.30. The van der Waals surface area contributed by atoms with Crippen LogP contribution in [0.15, 0.2) is 30.5 Å². The van der Waals surface area contributed by atoms with E-state index in [4.69, 9.17) is 11.6 Å². The topological polar surface area (TPSA) is 46.0 Å². The Hall–Kier alpha value is -1.43. The molecule has 0 amide bonds. The van der Waals surface area contributed by atoms with Crippen molar-refractivity contribution in [3.8, 4) is 0 Å². The molecular weight excluding hydrogens is 274 g/mol. The molecule has 2 aromatic rings. The van der Waals surface area contributed by atoms with Gasteiger partial charge in [0.2, 0.25) is 0 Å². The van der Waals surface area contributed by atoms with Crippen molar-refractivity contribution in [3.63, 3.8) is 0 Å². The van der Waals surface area contributed by atoms with Crippen LogP contribution in [0.5, 0.6) is 0 Å². The number of benzene rings is 1. The van der Waals surface area contributed by atoms with E-state index in [-0.39, 0.29) is 0 Å². The summed E-state index contributed by atoms with van der Waals surface area (Å²) in [5.41, 5.74) is 2.18. The molecule has 0 radical (unpaired) electrons. The lowest BCUT2D eigenvalue weighted by Crippen LogP contribution is -2.23. The number of hydrogen-bond donors (Lipinski definition) is 1. The smallest absolute Gasteiger partial charge is 0.0964 e. The van der Waals surface area contributed by atoms with Gasteiger partial charge in [0.25, 0.3) is 0 Å². The van der Waals surface area contributed by atoms with Gasteiger partial charge in [0.05, 0.1) is 12.2 Å². The fourth-order valence-corrected chi connectivity index (χ4v) is 2.22. The summed E-state index contributed by atoms with van der Waals surface area (Å²) in [6.45, 7) is 3.36. The fourth-order valence-electron chi connectivity index (χ4n) is 2.01. The molecule has 0 bridgehead atoms. The van der Waals surface area contributed by atoms with Crippen LogP contribution in [0.1, 0.15) is 11.3 Å². The number of nitrogens with one attached hydrogen (secondary N) is 1. The van der Waals surface area contributed by atoms with Crippen molar-refractivity contribution < 1.29 is 0 Å². The van der Waals surface area contributed by atoms with E-state index < -0.39 is 0 Å². The predicted molar refractivity (Wildman–Crippen MR) is 80.6 cm³/mol. The molecule has 0 atom stereocenters. The first-order valence-corrected chi connectivity index (χ1v) is 7.02. The van der Waals surface area contributed by atoms with Crippen LogP contribution in [0.25, 0.3) is 0 Å². The van der Waals surface area contributed by atoms with Crippen LogP contribution in [0.4, 0.5) is 0 Å². The van der Waals surface area contributed by atoms with Crippen LogP contribution in [0.2, 0.25) is 5.02 Å². The molecule has 0 aliphatic heterocycles. The number of likely N-dealkylation sites (N-methyl/N-ethyl adjacent to an activating group) is 1. The molecule has 2 rings (SSSR count). The minimum Gasteiger partial charge on any atom is -0.314 e. The molecule has 0 aliphatic rings. The largest absolute Gasteiger partial charge is 0.314 e. The van der Waals surface area contributed by atoms with E-state index in [0.29, 0.717) is 0 Å². The Morgan fingerprint density at radius 1 is 1.40 bits per heavy atom. The summed E-state index contributed by atoms with van der Waals surface area (Å²) in [7, 11) is 3.99. The Kier molecular flexibility index (Phi) is 5.52. The van der Waals surface area contributed by atoms with E-state index in [2.05, 4.69) is 33.6 Å². The van der Waals surface area contributed by atoms with Crippen LogP contribution in [-0.2, 0) is 19.6 Å². The molecule has 0 fully saturated rings. The van der Waals surface area contributed by atoms with Gasteiger partial charge in [-0.3, -0.25) is 4.68 Å². The molecular formula is C14H20ClN5. The number of nitrogens with zero attached hydrogens (tertiary/aromatic N) is 4. The minimum absolute atomic E-state index is 0.748. The van der Waals surface area contributed by atoms with Gasteiger partial charge in [0.15, 0.2) is 0 Å². The molecule has 1 aromatic heterocycles. The van der Waals surface area contributed by atoms with E-state index >= 15 is 0 Å². The SMILES string of the molecule is CNCc1cn(CCN(C)Cc2cccc(Cl)c2)nn1. The third-order valence-electron chi connectivity index (χ3n) is 3.00. The first-order chi connectivity index (χ1) is 9.67. The Labute approximate surface area is 124 Å². The van der Waals surface area contributed by atoms with Crippen molar-refractivity contribution in [2.45, 2.75) is 19.6 Å². The second-order valence-electron chi connectivity index (χ2n) is 4.87. The van der Waals surface area contributed by atoms with Crippen LogP contribution < -0.4 is 5.32 Å². The van der Waals surface area contributed by atoms with Crippen molar-refractivity contribution in [2.24, 2.45) is 0 Å². The highest BCUT2D eigenvalue weighted by Crippen LogP contribution is 2.12. The molecule has 1 N–H and O–H groups in total. The molecule has 1 aromatic carbocycles. The van der Waals surface area contributed by atoms with Gasteiger partial charge in [-0.15, -0.1) is 5.10 Å². The summed E-state index contributed by atoms with van der Waals surface area (Å²) in [5.74, 6) is 0. The highest BCUT2D eigenvalue weighted by atomic mass is 35.5. The summed E-state index contributed by atoms with van der Waals surface area (Å²) < 4.78 is 1.88. The van der Waals surface area contributed by atoms with Gasteiger partial charge < -0.3 is 10.2 Å². The maximum Gasteiger partial charge on any atom is 0.0964 e. The first kappa shape index (κ1) is 15.0. The molecule has 5 nitrogen and oxygen atoms in total. The van der Waals surface area contributed by atoms with Crippen LogP contribution in [-0.4, -0.2) is 40.5 Å². The number of aromatic nitrogens is 3. The average Bonchev–Trinajstić information content (AvgIpc) is 2.85. The lowest BCUT2D eigenvalue weighted by atomic mass is 10.2. The van der Waals surface area contributed by atoms with E-state index in [1.807, 2.05) is 36.1 Å². The Balaban J connectivity index is 1.80. The van der Waals surface area contributed by atoms with Crippen molar-refractivity contribution in [1.29, 1.82) is 0 Å². The zero-order chi connectivity index (χ0) is 14.4. The van der Waals surface area contributed by atoms with Gasteiger partial charge in [-0.05, 0) is 31.8 Å². The number of hydrogen-bond acceptors (Lipinski definition) is 4. The van der Waals surface area contributed by atoms with E-state index in [1.165, 1.54) is 5.56 Å². The van der Waals surface area contributed by atoms with Crippen LogP contribution in [0, 0.1) is 0 Å². The zero-order valence-corrected chi connectivity index (χ0v) is 12.6. The Morgan fingerprint density at radius 2 is 2.25 bits per heavy atom. The molecule has 6 heteroatoms. The van der Waals surface area contributed by atoms with Crippen molar-refractivity contribution in [2.75, 3.05) is 20.6 Å². The van der Waals surface area contributed by atoms with Gasteiger partial charge in [-0.25, -0.2) is 0 Å². The molecule has 0 saturated heterocycles. The van der Waals surface area contributed by atoms with Crippen molar-refractivity contribution in [1.82, 2.24) is 25.2 Å². The average molecular weight is 294 g/mol. The standard InChI is InChI=1S/C14H20ClN5/c1-16-9-14-11-20(18-17-14)7-6-19(2)10-12-4-3-5-13(15)8-12/h3-5,8,11,16H,6-7,9-10H2,1-2H3. The Bertz CT molecular complexity index is 540. The highest BCUT2D eigenvalue weighted by Gasteiger charge is 2.03. The number of rotatable bonds is 7. The molecule has 20 heavy (non-hydrogen) atoms. The normalized spacial score (nSPS) is 11.2. The van der Waals surface area contributed by atoms with Gasteiger partial charge in [-0.1, -0.05) is 28.9 Å². The maximum atomic E-state index is 5.99. The van der Waals surface area contributed by atoms with Crippen LogP contribution in [0.3, 0.4) is 0 Å². The first-order valence-electron chi connectivity index (χ1n) is 6.64. The lowest BCUT2D eigenvalue weighted by molar-refractivity contribution is 0.304. The van der Waals surface area contributed by atoms with Crippen molar-refractivity contribution in [3.05, 3.63) is 46.7 Å². The summed E-state index contributed by atoms with van der Waals surface area (Å²) in [6.07, 6.45) is 1.98. The molecule has 0 unspecified atom stereocenters. The maximum absolute atomic E-state index is 5.99. The predicted octanol–water partition coefficient (Wildman–Crippen LogP) is 1.78. The van der Waals surface area contributed by atoms with E-state index in [9.17, 15) is 0 Å². The quantitative estimate of drug-likeness (QED) is 0.845. The Morgan fingerprint density at radius 3 is 3.00 bits per heavy atom. The lowest BCUT2D eigenvalue weighted by Gasteiger charge is -2.16. The van der Waals surface area contributed by atoms with E-state index in [0.717, 1.165) is 36.9 Å². The summed E-state index contributed by atoms with van der Waals surface area (Å²) in [5, 5.41) is 12.0. The van der Waals surface area contributed by atoms with E-state index in [1.54, 1.807) is 0 Å². The van der Waals surface area contributed by atoms with Crippen molar-refractivity contribution >= 4 is 11.6 Å². The zero-order valence-electron chi connectivity index (χ0n) is 11.9. The summed E-state index contributed by atoms with van der Waals surface area (Å²) in [6, 6.07) is 7.96.